The Morgan fingerprint density at radius 2 is 2.25 bits per heavy atom. The number of amides is 1. The quantitative estimate of drug-likeness (QED) is 0.772. The minimum atomic E-state index is -0.0899. The Bertz CT molecular complexity index is 370. The second kappa shape index (κ2) is 5.03. The van der Waals surface area contributed by atoms with E-state index in [0.717, 1.165) is 0 Å². The van der Waals surface area contributed by atoms with Gasteiger partial charge in [-0.3, -0.25) is 4.79 Å². The molecule has 0 aliphatic rings. The Kier molecular flexibility index (Phi) is 3.95. The number of nitrogen functional groups attached to an aromatic ring is 1. The van der Waals surface area contributed by atoms with Crippen LogP contribution in [0.2, 0.25) is 0 Å². The monoisotopic (exact) mass is 224 g/mol. The highest BCUT2D eigenvalue weighted by Crippen LogP contribution is 2.08. The predicted molar refractivity (Wildman–Crippen MR) is 65.3 cm³/mol. The molecule has 90 valence electrons. The Balaban J connectivity index is 2.56. The van der Waals surface area contributed by atoms with Gasteiger partial charge in [0.25, 0.3) is 5.91 Å². The van der Waals surface area contributed by atoms with E-state index in [2.05, 4.69) is 17.1 Å². The van der Waals surface area contributed by atoms with Gasteiger partial charge in [-0.15, -0.1) is 0 Å². The summed E-state index contributed by atoms with van der Waals surface area (Å²) in [6, 6.07) is 1.98. The summed E-state index contributed by atoms with van der Waals surface area (Å²) in [6.07, 6.45) is 1.73. The van der Waals surface area contributed by atoms with Gasteiger partial charge in [-0.1, -0.05) is 0 Å². The highest BCUT2D eigenvalue weighted by atomic mass is 16.1. The van der Waals surface area contributed by atoms with Gasteiger partial charge in [-0.05, 0) is 27.1 Å². The molecule has 1 aromatic heterocycles. The molecular weight excluding hydrogens is 204 g/mol. The molecule has 5 heteroatoms. The van der Waals surface area contributed by atoms with E-state index in [1.54, 1.807) is 23.9 Å². The van der Waals surface area contributed by atoms with Crippen molar-refractivity contribution in [2.75, 3.05) is 26.4 Å². The summed E-state index contributed by atoms with van der Waals surface area (Å²) in [4.78, 5) is 13.9. The first-order valence-corrected chi connectivity index (χ1v) is 5.28. The van der Waals surface area contributed by atoms with Crippen LogP contribution in [0.3, 0.4) is 0 Å². The van der Waals surface area contributed by atoms with E-state index in [0.29, 0.717) is 24.0 Å². The molecule has 3 N–H and O–H groups in total. The van der Waals surface area contributed by atoms with E-state index < -0.39 is 0 Å². The highest BCUT2D eigenvalue weighted by Gasteiger charge is 2.12. The maximum Gasteiger partial charge on any atom is 0.268 e. The lowest BCUT2D eigenvalue weighted by Gasteiger charge is -2.19. The molecule has 0 radical (unpaired) electrons. The number of hydrogen-bond acceptors (Lipinski definition) is 3. The summed E-state index contributed by atoms with van der Waals surface area (Å²) >= 11 is 0. The van der Waals surface area contributed by atoms with Crippen LogP contribution in [0.5, 0.6) is 0 Å². The van der Waals surface area contributed by atoms with Crippen molar-refractivity contribution in [3.8, 4) is 0 Å². The molecule has 0 saturated carbocycles. The van der Waals surface area contributed by atoms with Crippen molar-refractivity contribution in [2.45, 2.75) is 13.0 Å². The van der Waals surface area contributed by atoms with Gasteiger partial charge in [0.05, 0.1) is 5.69 Å². The van der Waals surface area contributed by atoms with Crippen LogP contribution in [-0.4, -0.2) is 42.1 Å². The van der Waals surface area contributed by atoms with E-state index in [1.165, 1.54) is 0 Å². The maximum absolute atomic E-state index is 11.8. The largest absolute Gasteiger partial charge is 0.397 e. The summed E-state index contributed by atoms with van der Waals surface area (Å²) in [5.74, 6) is -0.0899. The lowest BCUT2D eigenvalue weighted by Crippen LogP contribution is -2.38. The topological polar surface area (TPSA) is 63.3 Å². The van der Waals surface area contributed by atoms with E-state index >= 15 is 0 Å². The maximum atomic E-state index is 11.8. The summed E-state index contributed by atoms with van der Waals surface area (Å²) in [5.41, 5.74) is 6.80. The smallest absolute Gasteiger partial charge is 0.268 e. The van der Waals surface area contributed by atoms with Gasteiger partial charge < -0.3 is 20.5 Å². The van der Waals surface area contributed by atoms with Gasteiger partial charge in [0.2, 0.25) is 0 Å². The van der Waals surface area contributed by atoms with Crippen LogP contribution in [0.15, 0.2) is 12.3 Å². The van der Waals surface area contributed by atoms with E-state index in [9.17, 15) is 4.79 Å². The molecule has 1 rings (SSSR count). The standard InChI is InChI=1S/C11H20N4O/c1-8(14(2)3)6-13-11(16)10-5-9(12)7-15(10)4/h5,7-8H,6,12H2,1-4H3,(H,13,16). The average molecular weight is 224 g/mol. The molecule has 1 amide bonds. The SMILES string of the molecule is CC(CNC(=O)c1cc(N)cn1C)N(C)C. The van der Waals surface area contributed by atoms with Crippen molar-refractivity contribution in [1.29, 1.82) is 0 Å². The number of anilines is 1. The van der Waals surface area contributed by atoms with Gasteiger partial charge in [0.1, 0.15) is 5.69 Å². The third-order valence-electron chi connectivity index (χ3n) is 2.70. The fourth-order valence-electron chi connectivity index (χ4n) is 1.33. The first-order valence-electron chi connectivity index (χ1n) is 5.28. The van der Waals surface area contributed by atoms with E-state index in [4.69, 9.17) is 5.73 Å². The molecule has 0 aromatic carbocycles. The normalized spacial score (nSPS) is 12.8. The second-order valence-electron chi connectivity index (χ2n) is 4.29. The number of carbonyl (C=O) groups is 1. The number of rotatable bonds is 4. The molecule has 16 heavy (non-hydrogen) atoms. The molecule has 1 unspecified atom stereocenters. The van der Waals surface area contributed by atoms with Crippen LogP contribution in [0, 0.1) is 0 Å². The van der Waals surface area contributed by atoms with Crippen molar-refractivity contribution in [3.05, 3.63) is 18.0 Å². The first kappa shape index (κ1) is 12.6. The fourth-order valence-corrected chi connectivity index (χ4v) is 1.33. The number of hydrogen-bond donors (Lipinski definition) is 2. The minimum Gasteiger partial charge on any atom is -0.397 e. The van der Waals surface area contributed by atoms with Gasteiger partial charge in [-0.2, -0.15) is 0 Å². The molecule has 0 aliphatic carbocycles. The van der Waals surface area contributed by atoms with E-state index in [1.807, 2.05) is 14.1 Å². The van der Waals surface area contributed by atoms with E-state index in [-0.39, 0.29) is 5.91 Å². The van der Waals surface area contributed by atoms with Crippen molar-refractivity contribution >= 4 is 11.6 Å². The molecule has 1 aromatic rings. The van der Waals surface area contributed by atoms with Crippen LogP contribution in [0.25, 0.3) is 0 Å². The van der Waals surface area contributed by atoms with Crippen LogP contribution in [0.1, 0.15) is 17.4 Å². The summed E-state index contributed by atoms with van der Waals surface area (Å²) < 4.78 is 1.73. The molecular formula is C11H20N4O. The number of likely N-dealkylation sites (N-methyl/N-ethyl adjacent to an activating group) is 1. The molecule has 0 bridgehead atoms. The Labute approximate surface area is 96.2 Å². The van der Waals surface area contributed by atoms with Gasteiger partial charge >= 0.3 is 0 Å². The third-order valence-corrected chi connectivity index (χ3v) is 2.70. The Morgan fingerprint density at radius 1 is 1.62 bits per heavy atom. The number of aromatic nitrogens is 1. The van der Waals surface area contributed by atoms with Crippen molar-refractivity contribution < 1.29 is 4.79 Å². The molecule has 0 saturated heterocycles. The van der Waals surface area contributed by atoms with Gasteiger partial charge in [-0.25, -0.2) is 0 Å². The number of nitrogens with zero attached hydrogens (tertiary/aromatic N) is 2. The highest BCUT2D eigenvalue weighted by molar-refractivity contribution is 5.93. The van der Waals surface area contributed by atoms with Crippen LogP contribution < -0.4 is 11.1 Å². The zero-order valence-corrected chi connectivity index (χ0v) is 10.3. The second-order valence-corrected chi connectivity index (χ2v) is 4.29. The van der Waals surface area contributed by atoms with Crippen LogP contribution in [0.4, 0.5) is 5.69 Å². The summed E-state index contributed by atoms with van der Waals surface area (Å²) in [7, 11) is 5.77. The van der Waals surface area contributed by atoms with Gasteiger partial charge in [0, 0.05) is 25.8 Å². The molecule has 0 spiro atoms. The molecule has 1 heterocycles. The molecule has 5 nitrogen and oxygen atoms in total. The number of nitrogens with two attached hydrogens (primary N) is 1. The Morgan fingerprint density at radius 3 is 2.69 bits per heavy atom. The lowest BCUT2D eigenvalue weighted by atomic mass is 10.3. The first-order chi connectivity index (χ1) is 7.41. The molecule has 1 atom stereocenters. The number of aryl methyl sites for hydroxylation is 1. The van der Waals surface area contributed by atoms with Crippen molar-refractivity contribution in [3.63, 3.8) is 0 Å². The minimum absolute atomic E-state index is 0.0899. The fraction of sp³-hybridized carbons (Fsp3) is 0.545. The number of carbonyl (C=O) groups excluding carboxylic acids is 1. The van der Waals surface area contributed by atoms with Crippen molar-refractivity contribution in [1.82, 2.24) is 14.8 Å². The average Bonchev–Trinajstić information content (AvgIpc) is 2.53. The third kappa shape index (κ3) is 3.00. The summed E-state index contributed by atoms with van der Waals surface area (Å²) in [5, 5.41) is 2.88. The number of nitrogens with one attached hydrogen (secondary N) is 1. The Hall–Kier alpha value is -1.49. The predicted octanol–water partition coefficient (Wildman–Crippen LogP) is 0.287. The lowest BCUT2D eigenvalue weighted by molar-refractivity contribution is 0.0935. The van der Waals surface area contributed by atoms with Crippen LogP contribution in [-0.2, 0) is 7.05 Å². The summed E-state index contributed by atoms with van der Waals surface area (Å²) in [6.45, 7) is 2.68. The zero-order chi connectivity index (χ0) is 12.3. The molecule has 0 fully saturated rings. The van der Waals surface area contributed by atoms with Gasteiger partial charge in [0.15, 0.2) is 0 Å². The van der Waals surface area contributed by atoms with Crippen molar-refractivity contribution in [2.24, 2.45) is 7.05 Å². The zero-order valence-electron chi connectivity index (χ0n) is 10.3. The molecule has 0 aliphatic heterocycles. The van der Waals surface area contributed by atoms with Crippen LogP contribution >= 0.6 is 0 Å².